The number of benzene rings is 1. The van der Waals surface area contributed by atoms with Crippen LogP contribution in [0.2, 0.25) is 0 Å². The number of imidazole rings is 1. The lowest BCUT2D eigenvalue weighted by atomic mass is 10.2. The molecule has 0 amide bonds. The van der Waals surface area contributed by atoms with E-state index in [1.807, 2.05) is 24.4 Å². The minimum absolute atomic E-state index is 0.776. The van der Waals surface area contributed by atoms with Crippen molar-refractivity contribution in [3.8, 4) is 11.3 Å². The minimum Gasteiger partial charge on any atom is -0.342 e. The fourth-order valence-corrected chi connectivity index (χ4v) is 1.94. The number of nitrogens with zero attached hydrogens (tertiary/aromatic N) is 1. The van der Waals surface area contributed by atoms with Gasteiger partial charge in [-0.3, -0.25) is 0 Å². The van der Waals surface area contributed by atoms with E-state index in [4.69, 9.17) is 0 Å². The van der Waals surface area contributed by atoms with E-state index in [-0.39, 0.29) is 0 Å². The van der Waals surface area contributed by atoms with Crippen molar-refractivity contribution in [1.29, 1.82) is 0 Å². The number of hydrogen-bond donors (Lipinski definition) is 2. The first-order valence-electron chi connectivity index (χ1n) is 6.24. The summed E-state index contributed by atoms with van der Waals surface area (Å²) in [6.45, 7) is 1.02. The molecule has 1 aliphatic rings. The number of hydrogen-bond acceptors (Lipinski definition) is 2. The largest absolute Gasteiger partial charge is 0.342 e. The van der Waals surface area contributed by atoms with Gasteiger partial charge >= 0.3 is 0 Å². The van der Waals surface area contributed by atoms with Crippen LogP contribution in [-0.2, 0) is 6.42 Å². The van der Waals surface area contributed by atoms with Gasteiger partial charge in [0.05, 0.1) is 11.9 Å². The highest BCUT2D eigenvalue weighted by Gasteiger charge is 2.19. The fourth-order valence-electron chi connectivity index (χ4n) is 1.94. The van der Waals surface area contributed by atoms with Crippen LogP contribution in [-0.4, -0.2) is 22.6 Å². The maximum Gasteiger partial charge on any atom is 0.107 e. The Morgan fingerprint density at radius 1 is 1.24 bits per heavy atom. The van der Waals surface area contributed by atoms with Crippen molar-refractivity contribution < 1.29 is 0 Å². The Morgan fingerprint density at radius 2 is 2.06 bits per heavy atom. The van der Waals surface area contributed by atoms with E-state index in [0.29, 0.717) is 0 Å². The van der Waals surface area contributed by atoms with Crippen LogP contribution in [0.5, 0.6) is 0 Å². The summed E-state index contributed by atoms with van der Waals surface area (Å²) in [5, 5.41) is 3.49. The van der Waals surface area contributed by atoms with E-state index in [1.54, 1.807) is 0 Å². The molecule has 2 N–H and O–H groups in total. The molecule has 2 aromatic rings. The van der Waals surface area contributed by atoms with E-state index in [2.05, 4.69) is 27.4 Å². The highest BCUT2D eigenvalue weighted by molar-refractivity contribution is 5.57. The predicted octanol–water partition coefficient (Wildman–Crippen LogP) is 2.37. The van der Waals surface area contributed by atoms with Crippen molar-refractivity contribution in [1.82, 2.24) is 15.3 Å². The highest BCUT2D eigenvalue weighted by Crippen LogP contribution is 2.19. The lowest BCUT2D eigenvalue weighted by Crippen LogP contribution is -2.19. The molecule has 1 aromatic heterocycles. The average molecular weight is 227 g/mol. The Bertz CT molecular complexity index is 471. The molecule has 1 heterocycles. The van der Waals surface area contributed by atoms with E-state index >= 15 is 0 Å². The molecule has 88 valence electrons. The summed E-state index contributed by atoms with van der Waals surface area (Å²) in [6.07, 6.45) is 5.58. The van der Waals surface area contributed by atoms with Gasteiger partial charge in [-0.15, -0.1) is 0 Å². The third-order valence-corrected chi connectivity index (χ3v) is 3.09. The summed E-state index contributed by atoms with van der Waals surface area (Å²) >= 11 is 0. The smallest absolute Gasteiger partial charge is 0.107 e. The maximum absolute atomic E-state index is 4.41. The second-order valence-corrected chi connectivity index (χ2v) is 4.59. The van der Waals surface area contributed by atoms with Gasteiger partial charge in [-0.2, -0.15) is 0 Å². The van der Waals surface area contributed by atoms with Crippen LogP contribution >= 0.6 is 0 Å². The fraction of sp³-hybridized carbons (Fsp3) is 0.357. The molecule has 0 bridgehead atoms. The summed E-state index contributed by atoms with van der Waals surface area (Å²) in [5.41, 5.74) is 2.30. The van der Waals surface area contributed by atoms with Gasteiger partial charge in [0.1, 0.15) is 5.82 Å². The van der Waals surface area contributed by atoms with Crippen molar-refractivity contribution in [3.63, 3.8) is 0 Å². The van der Waals surface area contributed by atoms with Crippen molar-refractivity contribution >= 4 is 0 Å². The molecule has 3 heteroatoms. The average Bonchev–Trinajstić information content (AvgIpc) is 3.07. The van der Waals surface area contributed by atoms with Crippen molar-refractivity contribution in [3.05, 3.63) is 42.4 Å². The van der Waals surface area contributed by atoms with Crippen LogP contribution in [0.1, 0.15) is 18.7 Å². The van der Waals surface area contributed by atoms with Gasteiger partial charge in [0.25, 0.3) is 0 Å². The lowest BCUT2D eigenvalue weighted by Gasteiger charge is -1.99. The summed E-state index contributed by atoms with van der Waals surface area (Å²) in [7, 11) is 0. The van der Waals surface area contributed by atoms with E-state index in [9.17, 15) is 0 Å². The zero-order valence-electron chi connectivity index (χ0n) is 9.82. The molecule has 0 atom stereocenters. The zero-order chi connectivity index (χ0) is 11.5. The van der Waals surface area contributed by atoms with Crippen LogP contribution in [0.3, 0.4) is 0 Å². The summed E-state index contributed by atoms with van der Waals surface area (Å²) in [6, 6.07) is 11.1. The SMILES string of the molecule is c1ccc(-c2cnc(CCNC3CC3)[nH]2)cc1. The number of H-pyrrole nitrogens is 1. The van der Waals surface area contributed by atoms with Gasteiger partial charge in [-0.1, -0.05) is 30.3 Å². The Hall–Kier alpha value is -1.61. The first-order chi connectivity index (χ1) is 8.42. The molecule has 0 aliphatic heterocycles. The molecule has 0 saturated heterocycles. The number of aromatic nitrogens is 2. The van der Waals surface area contributed by atoms with Crippen LogP contribution in [0.25, 0.3) is 11.3 Å². The molecule has 1 aromatic carbocycles. The molecule has 3 nitrogen and oxygen atoms in total. The van der Waals surface area contributed by atoms with Crippen molar-refractivity contribution in [2.45, 2.75) is 25.3 Å². The van der Waals surface area contributed by atoms with Gasteiger partial charge in [0, 0.05) is 19.0 Å². The molecule has 1 aliphatic carbocycles. The Morgan fingerprint density at radius 3 is 2.82 bits per heavy atom. The predicted molar refractivity (Wildman–Crippen MR) is 68.8 cm³/mol. The first kappa shape index (κ1) is 10.5. The molecule has 0 radical (unpaired) electrons. The third-order valence-electron chi connectivity index (χ3n) is 3.09. The van der Waals surface area contributed by atoms with Gasteiger partial charge in [0.2, 0.25) is 0 Å². The topological polar surface area (TPSA) is 40.7 Å². The van der Waals surface area contributed by atoms with Gasteiger partial charge in [-0.05, 0) is 18.4 Å². The molecule has 0 spiro atoms. The quantitative estimate of drug-likeness (QED) is 0.823. The van der Waals surface area contributed by atoms with Crippen LogP contribution in [0, 0.1) is 0 Å². The second-order valence-electron chi connectivity index (χ2n) is 4.59. The lowest BCUT2D eigenvalue weighted by molar-refractivity contribution is 0.669. The summed E-state index contributed by atoms with van der Waals surface area (Å²) < 4.78 is 0. The highest BCUT2D eigenvalue weighted by atomic mass is 15.0. The number of rotatable bonds is 5. The standard InChI is InChI=1S/C14H17N3/c1-2-4-11(5-3-1)13-10-16-14(17-13)8-9-15-12-6-7-12/h1-5,10,12,15H,6-9H2,(H,16,17). The van der Waals surface area contributed by atoms with E-state index in [0.717, 1.165) is 30.5 Å². The summed E-state index contributed by atoms with van der Waals surface area (Å²) in [4.78, 5) is 7.79. The number of aromatic amines is 1. The van der Waals surface area contributed by atoms with E-state index < -0.39 is 0 Å². The molecular weight excluding hydrogens is 210 g/mol. The Balaban J connectivity index is 1.61. The van der Waals surface area contributed by atoms with Crippen molar-refractivity contribution in [2.75, 3.05) is 6.54 Å². The molecular formula is C14H17N3. The molecule has 0 unspecified atom stereocenters. The van der Waals surface area contributed by atoms with Gasteiger partial charge < -0.3 is 10.3 Å². The molecule has 3 rings (SSSR count). The Labute approximate surface area is 101 Å². The zero-order valence-corrected chi connectivity index (χ0v) is 9.82. The van der Waals surface area contributed by atoms with Crippen LogP contribution in [0.15, 0.2) is 36.5 Å². The van der Waals surface area contributed by atoms with Crippen LogP contribution in [0.4, 0.5) is 0 Å². The number of nitrogens with one attached hydrogen (secondary N) is 2. The third kappa shape index (κ3) is 2.74. The second kappa shape index (κ2) is 4.72. The van der Waals surface area contributed by atoms with Gasteiger partial charge in [-0.25, -0.2) is 4.98 Å². The van der Waals surface area contributed by atoms with E-state index in [1.165, 1.54) is 18.4 Å². The molecule has 1 fully saturated rings. The monoisotopic (exact) mass is 227 g/mol. The Kier molecular flexibility index (Phi) is 2.92. The first-order valence-corrected chi connectivity index (χ1v) is 6.24. The maximum atomic E-state index is 4.41. The summed E-state index contributed by atoms with van der Waals surface area (Å²) in [5.74, 6) is 1.07. The van der Waals surface area contributed by atoms with Crippen LogP contribution < -0.4 is 5.32 Å². The molecule has 1 saturated carbocycles. The molecule has 17 heavy (non-hydrogen) atoms. The minimum atomic E-state index is 0.776. The van der Waals surface area contributed by atoms with Crippen molar-refractivity contribution in [2.24, 2.45) is 0 Å². The van der Waals surface area contributed by atoms with Gasteiger partial charge in [0.15, 0.2) is 0 Å². The normalized spacial score (nSPS) is 15.1.